The number of nitrogens with zero attached hydrogens (tertiary/aromatic N) is 1. The first kappa shape index (κ1) is 19.0. The molecule has 3 aromatic carbocycles. The van der Waals surface area contributed by atoms with E-state index in [0.29, 0.717) is 11.4 Å². The molecule has 0 atom stereocenters. The maximum atomic E-state index is 13.4. The van der Waals surface area contributed by atoms with Crippen LogP contribution in [0.4, 0.5) is 5.69 Å². The van der Waals surface area contributed by atoms with Gasteiger partial charge in [-0.25, -0.2) is 8.42 Å². The molecule has 0 fully saturated rings. The Hall–Kier alpha value is -2.79. The third kappa shape index (κ3) is 4.31. The molecule has 0 unspecified atom stereocenters. The lowest BCUT2D eigenvalue weighted by Crippen LogP contribution is -2.30. The molecule has 0 aliphatic carbocycles. The van der Waals surface area contributed by atoms with Crippen LogP contribution in [0.3, 0.4) is 0 Å². The second-order valence-corrected chi connectivity index (χ2v) is 8.37. The molecular formula is C22H23NO3S. The van der Waals surface area contributed by atoms with Crippen molar-refractivity contribution in [2.75, 3.05) is 11.4 Å². The second kappa shape index (κ2) is 7.84. The predicted octanol–water partition coefficient (Wildman–Crippen LogP) is 4.71. The standard InChI is InChI=1S/C22H23NO3S/c1-17-4-8-19(9-5-17)16-23(20-10-12-21(26-3)13-11-20)27(24,25)22-14-6-18(2)7-15-22/h4-15H,16H2,1-3H3. The SMILES string of the molecule is COc1ccc(N(Cc2ccc(C)cc2)S(=O)(=O)c2ccc(C)cc2)cc1. The zero-order valence-corrected chi connectivity index (χ0v) is 16.5. The topological polar surface area (TPSA) is 46.6 Å². The number of hydrogen-bond donors (Lipinski definition) is 0. The summed E-state index contributed by atoms with van der Waals surface area (Å²) in [4.78, 5) is 0.274. The van der Waals surface area contributed by atoms with Crippen molar-refractivity contribution in [2.24, 2.45) is 0 Å². The van der Waals surface area contributed by atoms with Gasteiger partial charge in [0.1, 0.15) is 5.75 Å². The van der Waals surface area contributed by atoms with Crippen molar-refractivity contribution in [3.63, 3.8) is 0 Å². The minimum absolute atomic E-state index is 0.253. The first-order valence-corrected chi connectivity index (χ1v) is 10.1. The molecule has 0 saturated heterocycles. The summed E-state index contributed by atoms with van der Waals surface area (Å²) in [5, 5.41) is 0. The molecule has 0 radical (unpaired) electrons. The van der Waals surface area contributed by atoms with Crippen LogP contribution in [0.25, 0.3) is 0 Å². The van der Waals surface area contributed by atoms with Gasteiger partial charge in [-0.05, 0) is 55.8 Å². The smallest absolute Gasteiger partial charge is 0.264 e. The van der Waals surface area contributed by atoms with E-state index in [9.17, 15) is 8.42 Å². The van der Waals surface area contributed by atoms with Crippen molar-refractivity contribution >= 4 is 15.7 Å². The van der Waals surface area contributed by atoms with Gasteiger partial charge in [-0.3, -0.25) is 4.31 Å². The number of hydrogen-bond acceptors (Lipinski definition) is 3. The van der Waals surface area contributed by atoms with Crippen molar-refractivity contribution < 1.29 is 13.2 Å². The summed E-state index contributed by atoms with van der Waals surface area (Å²) >= 11 is 0. The fourth-order valence-electron chi connectivity index (χ4n) is 2.76. The number of ether oxygens (including phenoxy) is 1. The van der Waals surface area contributed by atoms with E-state index in [-0.39, 0.29) is 11.4 Å². The van der Waals surface area contributed by atoms with E-state index in [4.69, 9.17) is 4.74 Å². The average molecular weight is 381 g/mol. The maximum Gasteiger partial charge on any atom is 0.264 e. The van der Waals surface area contributed by atoms with Crippen LogP contribution in [0, 0.1) is 13.8 Å². The number of anilines is 1. The highest BCUT2D eigenvalue weighted by molar-refractivity contribution is 7.92. The number of aryl methyl sites for hydroxylation is 2. The Balaban J connectivity index is 2.04. The molecule has 27 heavy (non-hydrogen) atoms. The van der Waals surface area contributed by atoms with E-state index < -0.39 is 10.0 Å². The zero-order chi connectivity index (χ0) is 19.4. The minimum atomic E-state index is -3.71. The van der Waals surface area contributed by atoms with Gasteiger partial charge in [-0.15, -0.1) is 0 Å². The van der Waals surface area contributed by atoms with E-state index in [1.807, 2.05) is 50.2 Å². The van der Waals surface area contributed by atoms with Gasteiger partial charge in [0, 0.05) is 0 Å². The van der Waals surface area contributed by atoms with Gasteiger partial charge in [0.05, 0.1) is 24.2 Å². The van der Waals surface area contributed by atoms with Crippen molar-refractivity contribution in [1.82, 2.24) is 0 Å². The average Bonchev–Trinajstić information content (AvgIpc) is 2.68. The fourth-order valence-corrected chi connectivity index (χ4v) is 4.21. The molecule has 3 rings (SSSR count). The predicted molar refractivity (Wildman–Crippen MR) is 109 cm³/mol. The lowest BCUT2D eigenvalue weighted by Gasteiger charge is -2.25. The van der Waals surface area contributed by atoms with Crippen molar-refractivity contribution in [3.05, 3.63) is 89.5 Å². The molecule has 0 N–H and O–H groups in total. The van der Waals surface area contributed by atoms with Crippen LogP contribution < -0.4 is 9.04 Å². The van der Waals surface area contributed by atoms with E-state index in [2.05, 4.69) is 0 Å². The van der Waals surface area contributed by atoms with E-state index in [1.165, 1.54) is 4.31 Å². The second-order valence-electron chi connectivity index (χ2n) is 6.51. The Bertz CT molecular complexity index is 993. The van der Waals surface area contributed by atoms with Gasteiger partial charge in [0.2, 0.25) is 0 Å². The normalized spacial score (nSPS) is 11.2. The Kier molecular flexibility index (Phi) is 5.51. The molecule has 4 nitrogen and oxygen atoms in total. The molecule has 0 amide bonds. The highest BCUT2D eigenvalue weighted by Gasteiger charge is 2.25. The molecule has 0 spiro atoms. The van der Waals surface area contributed by atoms with Crippen LogP contribution in [-0.4, -0.2) is 15.5 Å². The minimum Gasteiger partial charge on any atom is -0.497 e. The van der Waals surface area contributed by atoms with Crippen LogP contribution in [0.5, 0.6) is 5.75 Å². The third-order valence-corrected chi connectivity index (χ3v) is 6.20. The number of rotatable bonds is 6. The Morgan fingerprint density at radius 2 is 1.30 bits per heavy atom. The largest absolute Gasteiger partial charge is 0.497 e. The molecule has 140 valence electrons. The van der Waals surface area contributed by atoms with Gasteiger partial charge >= 0.3 is 0 Å². The lowest BCUT2D eigenvalue weighted by atomic mass is 10.1. The van der Waals surface area contributed by atoms with Crippen LogP contribution in [0.15, 0.2) is 77.7 Å². The van der Waals surface area contributed by atoms with E-state index >= 15 is 0 Å². The summed E-state index contributed by atoms with van der Waals surface area (Å²) in [5.41, 5.74) is 3.67. The van der Waals surface area contributed by atoms with E-state index in [0.717, 1.165) is 16.7 Å². The summed E-state index contributed by atoms with van der Waals surface area (Å²) in [7, 11) is -2.12. The van der Waals surface area contributed by atoms with Crippen molar-refractivity contribution in [2.45, 2.75) is 25.3 Å². The first-order valence-electron chi connectivity index (χ1n) is 8.69. The fraction of sp³-hybridized carbons (Fsp3) is 0.182. The van der Waals surface area contributed by atoms with Gasteiger partial charge in [-0.2, -0.15) is 0 Å². The molecule has 3 aromatic rings. The molecule has 5 heteroatoms. The van der Waals surface area contributed by atoms with Gasteiger partial charge < -0.3 is 4.74 Å². The Labute approximate surface area is 161 Å². The quantitative estimate of drug-likeness (QED) is 0.621. The Morgan fingerprint density at radius 1 is 0.778 bits per heavy atom. The summed E-state index contributed by atoms with van der Waals surface area (Å²) in [6, 6.07) is 21.9. The molecule has 0 saturated carbocycles. The molecular weight excluding hydrogens is 358 g/mol. The molecule has 0 aliphatic rings. The van der Waals surface area contributed by atoms with Gasteiger partial charge in [0.15, 0.2) is 0 Å². The number of sulfonamides is 1. The monoisotopic (exact) mass is 381 g/mol. The highest BCUT2D eigenvalue weighted by atomic mass is 32.2. The van der Waals surface area contributed by atoms with Crippen LogP contribution in [-0.2, 0) is 16.6 Å². The maximum absolute atomic E-state index is 13.4. The van der Waals surface area contributed by atoms with Crippen LogP contribution in [0.1, 0.15) is 16.7 Å². The van der Waals surface area contributed by atoms with Crippen LogP contribution >= 0.6 is 0 Å². The Morgan fingerprint density at radius 3 is 1.81 bits per heavy atom. The first-order chi connectivity index (χ1) is 12.9. The molecule has 0 aliphatic heterocycles. The third-order valence-electron chi connectivity index (χ3n) is 4.42. The van der Waals surface area contributed by atoms with Crippen LogP contribution in [0.2, 0.25) is 0 Å². The van der Waals surface area contributed by atoms with Gasteiger partial charge in [0.25, 0.3) is 10.0 Å². The summed E-state index contributed by atoms with van der Waals surface area (Å²) in [6.07, 6.45) is 0. The summed E-state index contributed by atoms with van der Waals surface area (Å²) in [6.45, 7) is 4.20. The molecule has 0 bridgehead atoms. The molecule has 0 heterocycles. The lowest BCUT2D eigenvalue weighted by molar-refractivity contribution is 0.415. The summed E-state index contributed by atoms with van der Waals surface area (Å²) in [5.74, 6) is 0.682. The molecule has 0 aromatic heterocycles. The zero-order valence-electron chi connectivity index (χ0n) is 15.7. The number of methoxy groups -OCH3 is 1. The van der Waals surface area contributed by atoms with E-state index in [1.54, 1.807) is 43.5 Å². The van der Waals surface area contributed by atoms with Crippen molar-refractivity contribution in [1.29, 1.82) is 0 Å². The number of benzene rings is 3. The highest BCUT2D eigenvalue weighted by Crippen LogP contribution is 2.28. The van der Waals surface area contributed by atoms with Gasteiger partial charge in [-0.1, -0.05) is 47.5 Å². The summed E-state index contributed by atoms with van der Waals surface area (Å²) < 4.78 is 33.4. The van der Waals surface area contributed by atoms with Crippen molar-refractivity contribution in [3.8, 4) is 5.75 Å².